The van der Waals surface area contributed by atoms with E-state index in [4.69, 9.17) is 0 Å². The molecule has 1 aromatic heterocycles. The van der Waals surface area contributed by atoms with Gasteiger partial charge in [-0.1, -0.05) is 0 Å². The fourth-order valence-electron chi connectivity index (χ4n) is 3.33. The van der Waals surface area contributed by atoms with Gasteiger partial charge in [-0.25, -0.2) is 0 Å². The Labute approximate surface area is 139 Å². The Bertz CT molecular complexity index is 491. The molecule has 0 saturated heterocycles. The van der Waals surface area contributed by atoms with Gasteiger partial charge in [0, 0.05) is 0 Å². The van der Waals surface area contributed by atoms with Gasteiger partial charge in [-0.2, -0.15) is 0 Å². The zero-order chi connectivity index (χ0) is 16.6. The van der Waals surface area contributed by atoms with E-state index < -0.39 is 29.8 Å². The third-order valence-electron chi connectivity index (χ3n) is 4.81. The Hall–Kier alpha value is -0.321. The van der Waals surface area contributed by atoms with Crippen LogP contribution < -0.4 is 9.14 Å². The molecule has 0 atom stereocenters. The molecule has 1 heterocycles. The molecule has 0 aliphatic carbocycles. The van der Waals surface area contributed by atoms with Crippen LogP contribution in [0.15, 0.2) is 17.1 Å². The molecule has 2 nitrogen and oxygen atoms in total. The molecule has 22 heavy (non-hydrogen) atoms. The zero-order valence-electron chi connectivity index (χ0n) is 14.8. The quantitative estimate of drug-likeness (QED) is 0.512. The number of halogens is 1. The first-order chi connectivity index (χ1) is 10.5. The van der Waals surface area contributed by atoms with E-state index in [1.165, 1.54) is 37.1 Å². The minimum absolute atomic E-state index is 0.441. The van der Waals surface area contributed by atoms with Gasteiger partial charge in [-0.15, -0.1) is 0 Å². The molecule has 0 aliphatic heterocycles. The van der Waals surface area contributed by atoms with Crippen molar-refractivity contribution in [2.45, 2.75) is 72.6 Å². The molecule has 0 fully saturated rings. The van der Waals surface area contributed by atoms with Crippen LogP contribution in [0.2, 0.25) is 13.3 Å². The first-order valence-electron chi connectivity index (χ1n) is 8.88. The first kappa shape index (κ1) is 19.7. The molecule has 0 amide bonds. The summed E-state index contributed by atoms with van der Waals surface area (Å²) < 4.78 is 20.6. The van der Waals surface area contributed by atoms with E-state index in [-0.39, 0.29) is 0 Å². The summed E-state index contributed by atoms with van der Waals surface area (Å²) in [5.41, 5.74) is -0.442. The van der Waals surface area contributed by atoms with E-state index in [9.17, 15) is 9.18 Å². The van der Waals surface area contributed by atoms with Crippen molar-refractivity contribution in [3.63, 3.8) is 0 Å². The summed E-state index contributed by atoms with van der Waals surface area (Å²) in [6.45, 7) is 6.62. The number of aromatic nitrogens is 1. The first-order valence-corrected chi connectivity index (χ1v) is 16.4. The summed E-state index contributed by atoms with van der Waals surface area (Å²) in [6.07, 6.45) is 8.78. The standard InChI is InChI=1S/C6H5FNO.3C4H9.Sn/c1-8-4-2-3-5(7)6(8)9;3*1-3-4-2;/h2,4H,1H3;3*1,3-4H2,2H3;. The summed E-state index contributed by atoms with van der Waals surface area (Å²) in [5.74, 6) is -0.441. The number of hydrogen-bond acceptors (Lipinski definition) is 1. The second kappa shape index (κ2) is 9.74. The summed E-state index contributed by atoms with van der Waals surface area (Å²) >= 11 is -2.82. The van der Waals surface area contributed by atoms with Gasteiger partial charge in [0.1, 0.15) is 0 Å². The van der Waals surface area contributed by atoms with E-state index in [2.05, 4.69) is 20.8 Å². The van der Waals surface area contributed by atoms with Gasteiger partial charge in [0.25, 0.3) is 0 Å². The molecular weight excluding hydrogens is 384 g/mol. The molecule has 0 spiro atoms. The molecular formula is C18H32FNOSn. The van der Waals surface area contributed by atoms with Crippen LogP contribution in [0.25, 0.3) is 0 Å². The fourth-order valence-corrected chi connectivity index (χ4v) is 19.5. The van der Waals surface area contributed by atoms with Crippen molar-refractivity contribution in [1.29, 1.82) is 0 Å². The molecule has 0 radical (unpaired) electrons. The fraction of sp³-hybridized carbons (Fsp3) is 0.722. The van der Waals surface area contributed by atoms with Gasteiger partial charge in [0.2, 0.25) is 0 Å². The van der Waals surface area contributed by atoms with Crippen LogP contribution in [0.3, 0.4) is 0 Å². The minimum atomic E-state index is -2.82. The van der Waals surface area contributed by atoms with Crippen LogP contribution in [-0.2, 0) is 7.05 Å². The van der Waals surface area contributed by atoms with Crippen LogP contribution in [-0.4, -0.2) is 22.9 Å². The van der Waals surface area contributed by atoms with Crippen molar-refractivity contribution in [2.75, 3.05) is 0 Å². The predicted molar refractivity (Wildman–Crippen MR) is 96.2 cm³/mol. The number of nitrogens with zero attached hydrogens (tertiary/aromatic N) is 1. The summed E-state index contributed by atoms with van der Waals surface area (Å²) in [5, 5.41) is 0. The van der Waals surface area contributed by atoms with E-state index in [1.54, 1.807) is 13.2 Å². The van der Waals surface area contributed by atoms with E-state index in [1.807, 2.05) is 6.07 Å². The zero-order valence-corrected chi connectivity index (χ0v) is 17.6. The summed E-state index contributed by atoms with van der Waals surface area (Å²) in [6, 6.07) is 1.94. The van der Waals surface area contributed by atoms with Crippen molar-refractivity contribution in [2.24, 2.45) is 7.05 Å². The van der Waals surface area contributed by atoms with Gasteiger partial charge in [0.15, 0.2) is 0 Å². The number of aryl methyl sites for hydroxylation is 1. The third-order valence-corrected chi connectivity index (χ3v) is 20.4. The van der Waals surface area contributed by atoms with E-state index in [0.29, 0.717) is 0 Å². The van der Waals surface area contributed by atoms with Crippen molar-refractivity contribution < 1.29 is 4.39 Å². The van der Waals surface area contributed by atoms with Crippen LogP contribution in [0, 0.1) is 5.82 Å². The predicted octanol–water partition coefficient (Wildman–Crippen LogP) is 4.58. The molecule has 0 saturated carbocycles. The summed E-state index contributed by atoms with van der Waals surface area (Å²) in [7, 11) is 1.64. The van der Waals surface area contributed by atoms with Crippen molar-refractivity contribution in [3.8, 4) is 0 Å². The molecule has 0 bridgehead atoms. The Morgan fingerprint density at radius 3 is 1.86 bits per heavy atom. The number of pyridine rings is 1. The van der Waals surface area contributed by atoms with Crippen LogP contribution >= 0.6 is 0 Å². The van der Waals surface area contributed by atoms with Gasteiger partial charge < -0.3 is 0 Å². The average Bonchev–Trinajstić information content (AvgIpc) is 2.53. The Kier molecular flexibility index (Phi) is 8.73. The molecule has 0 unspecified atom stereocenters. The molecule has 4 heteroatoms. The van der Waals surface area contributed by atoms with E-state index in [0.717, 1.165) is 22.8 Å². The number of unbranched alkanes of at least 4 members (excludes halogenated alkanes) is 3. The van der Waals surface area contributed by atoms with Gasteiger partial charge in [-0.05, 0) is 0 Å². The molecule has 126 valence electrons. The Morgan fingerprint density at radius 2 is 1.45 bits per heavy atom. The van der Waals surface area contributed by atoms with Gasteiger partial charge >= 0.3 is 139 Å². The third kappa shape index (κ3) is 4.84. The SMILES string of the molecule is CCC[CH2][Sn]([CH2]CCC)([CH2]CCC)[c]1ccn(C)c(=O)c1F. The topological polar surface area (TPSA) is 22.0 Å². The second-order valence-electron chi connectivity index (χ2n) is 6.55. The average molecular weight is 416 g/mol. The molecule has 0 aromatic carbocycles. The molecule has 1 aromatic rings. The molecule has 1 rings (SSSR count). The number of hydrogen-bond donors (Lipinski definition) is 0. The van der Waals surface area contributed by atoms with Crippen molar-refractivity contribution in [1.82, 2.24) is 4.57 Å². The monoisotopic (exact) mass is 417 g/mol. The van der Waals surface area contributed by atoms with Crippen LogP contribution in [0.4, 0.5) is 4.39 Å². The number of rotatable bonds is 10. The molecule has 0 aliphatic rings. The second-order valence-corrected chi connectivity index (χ2v) is 19.7. The molecule has 0 N–H and O–H groups in total. The normalized spacial score (nSPS) is 11.9. The summed E-state index contributed by atoms with van der Waals surface area (Å²) in [4.78, 5) is 12.1. The Morgan fingerprint density at radius 1 is 1.00 bits per heavy atom. The van der Waals surface area contributed by atoms with E-state index >= 15 is 0 Å². The van der Waals surface area contributed by atoms with Crippen LogP contribution in [0.5, 0.6) is 0 Å². The van der Waals surface area contributed by atoms with Crippen molar-refractivity contribution in [3.05, 3.63) is 28.4 Å². The maximum atomic E-state index is 14.8. The van der Waals surface area contributed by atoms with Crippen LogP contribution in [0.1, 0.15) is 59.3 Å². The van der Waals surface area contributed by atoms with Gasteiger partial charge in [-0.3, -0.25) is 0 Å². The van der Waals surface area contributed by atoms with Crippen molar-refractivity contribution >= 4 is 22.0 Å². The maximum absolute atomic E-state index is 14.8. The Balaban J connectivity index is 3.31. The van der Waals surface area contributed by atoms with Gasteiger partial charge in [0.05, 0.1) is 0 Å².